The van der Waals surface area contributed by atoms with Crippen molar-refractivity contribution in [1.29, 1.82) is 0 Å². The molecule has 2 bridgehead atoms. The van der Waals surface area contributed by atoms with Crippen molar-refractivity contribution in [3.8, 4) is 0 Å². The average Bonchev–Trinajstić information content (AvgIpc) is 2.92. The first-order valence-electron chi connectivity index (χ1n) is 6.89. The van der Waals surface area contributed by atoms with Gasteiger partial charge in [-0.2, -0.15) is 0 Å². The van der Waals surface area contributed by atoms with Crippen molar-refractivity contribution in [2.75, 3.05) is 6.54 Å². The summed E-state index contributed by atoms with van der Waals surface area (Å²) in [7, 11) is 0. The molecule has 3 aliphatic heterocycles. The van der Waals surface area contributed by atoms with Crippen molar-refractivity contribution in [2.45, 2.75) is 69.2 Å². The van der Waals surface area contributed by atoms with E-state index in [1.807, 2.05) is 6.92 Å². The summed E-state index contributed by atoms with van der Waals surface area (Å²) in [6, 6.07) is 0.252. The monoisotopic (exact) mass is 238 g/mol. The van der Waals surface area contributed by atoms with Crippen LogP contribution in [0.3, 0.4) is 0 Å². The molecule has 1 amide bonds. The molecule has 4 atom stereocenters. The molecule has 3 saturated heterocycles. The van der Waals surface area contributed by atoms with Gasteiger partial charge >= 0.3 is 0 Å². The Balaban J connectivity index is 1.59. The van der Waals surface area contributed by atoms with Gasteiger partial charge in [0, 0.05) is 0 Å². The number of carbonyl (C=O) groups excluding carboxylic acids is 1. The standard InChI is InChI=1S/C13H22N2O2/c1-13(6-2-3-7-14-13)12(16)15-10-8-9-4-5-11(10)17-9/h9-11,14H,2-8H2,1H3,(H,15,16). The van der Waals surface area contributed by atoms with Gasteiger partial charge in [0.15, 0.2) is 0 Å². The van der Waals surface area contributed by atoms with E-state index in [9.17, 15) is 4.79 Å². The number of nitrogens with one attached hydrogen (secondary N) is 2. The SMILES string of the molecule is CC1(C(=O)NC2CC3CCC2O3)CCCCN1. The van der Waals surface area contributed by atoms with Crippen molar-refractivity contribution in [3.05, 3.63) is 0 Å². The maximum Gasteiger partial charge on any atom is 0.240 e. The van der Waals surface area contributed by atoms with Crippen LogP contribution in [0.25, 0.3) is 0 Å². The van der Waals surface area contributed by atoms with E-state index in [1.54, 1.807) is 0 Å². The molecule has 4 unspecified atom stereocenters. The Bertz CT molecular complexity index is 313. The molecule has 0 saturated carbocycles. The normalized spacial score (nSPS) is 44.9. The Morgan fingerprint density at radius 3 is 2.88 bits per heavy atom. The summed E-state index contributed by atoms with van der Waals surface area (Å²) in [5, 5.41) is 6.55. The number of hydrogen-bond acceptors (Lipinski definition) is 3. The first kappa shape index (κ1) is 11.5. The number of piperidine rings is 1. The lowest BCUT2D eigenvalue weighted by Gasteiger charge is -2.35. The molecule has 3 rings (SSSR count). The first-order chi connectivity index (χ1) is 8.17. The zero-order chi connectivity index (χ0) is 11.9. The number of hydrogen-bond donors (Lipinski definition) is 2. The van der Waals surface area contributed by atoms with E-state index in [0.29, 0.717) is 6.10 Å². The molecule has 4 heteroatoms. The van der Waals surface area contributed by atoms with Gasteiger partial charge in [-0.1, -0.05) is 0 Å². The van der Waals surface area contributed by atoms with E-state index in [0.717, 1.165) is 32.2 Å². The molecule has 0 aromatic heterocycles. The Kier molecular flexibility index (Phi) is 2.87. The van der Waals surface area contributed by atoms with Crippen molar-refractivity contribution in [1.82, 2.24) is 10.6 Å². The smallest absolute Gasteiger partial charge is 0.240 e. The van der Waals surface area contributed by atoms with Crippen LogP contribution in [0.4, 0.5) is 0 Å². The molecular weight excluding hydrogens is 216 g/mol. The summed E-state index contributed by atoms with van der Waals surface area (Å²) in [5.74, 6) is 0.165. The Morgan fingerprint density at radius 1 is 1.41 bits per heavy atom. The van der Waals surface area contributed by atoms with Gasteiger partial charge in [0.05, 0.1) is 23.8 Å². The molecule has 3 fully saturated rings. The lowest BCUT2D eigenvalue weighted by molar-refractivity contribution is -0.129. The first-order valence-corrected chi connectivity index (χ1v) is 6.89. The highest BCUT2D eigenvalue weighted by atomic mass is 16.5. The molecule has 0 spiro atoms. The van der Waals surface area contributed by atoms with Gasteiger partial charge in [0.2, 0.25) is 5.91 Å². The molecule has 0 aliphatic carbocycles. The average molecular weight is 238 g/mol. The summed E-state index contributed by atoms with van der Waals surface area (Å²) >= 11 is 0. The van der Waals surface area contributed by atoms with Crippen molar-refractivity contribution in [3.63, 3.8) is 0 Å². The number of rotatable bonds is 2. The van der Waals surface area contributed by atoms with E-state index in [4.69, 9.17) is 4.74 Å². The largest absolute Gasteiger partial charge is 0.373 e. The predicted molar refractivity (Wildman–Crippen MR) is 64.7 cm³/mol. The summed E-state index contributed by atoms with van der Waals surface area (Å²) in [6.07, 6.45) is 7.23. The quantitative estimate of drug-likeness (QED) is 0.753. The van der Waals surface area contributed by atoms with Gasteiger partial charge in [-0.15, -0.1) is 0 Å². The third kappa shape index (κ3) is 2.08. The fourth-order valence-electron chi connectivity index (χ4n) is 3.37. The molecule has 96 valence electrons. The number of ether oxygens (including phenoxy) is 1. The van der Waals surface area contributed by atoms with E-state index < -0.39 is 0 Å². The summed E-state index contributed by atoms with van der Waals surface area (Å²) < 4.78 is 5.77. The van der Waals surface area contributed by atoms with Gasteiger partial charge in [-0.25, -0.2) is 0 Å². The maximum absolute atomic E-state index is 12.3. The van der Waals surface area contributed by atoms with Crippen LogP contribution in [0.5, 0.6) is 0 Å². The minimum absolute atomic E-state index is 0.165. The fraction of sp³-hybridized carbons (Fsp3) is 0.923. The third-order valence-electron chi connectivity index (χ3n) is 4.54. The van der Waals surface area contributed by atoms with E-state index >= 15 is 0 Å². The highest BCUT2D eigenvalue weighted by Crippen LogP contribution is 2.34. The van der Waals surface area contributed by atoms with Gasteiger partial charge in [-0.3, -0.25) is 4.79 Å². The Labute approximate surface area is 102 Å². The molecule has 0 radical (unpaired) electrons. The summed E-state index contributed by atoms with van der Waals surface area (Å²) in [4.78, 5) is 12.3. The van der Waals surface area contributed by atoms with Gasteiger partial charge in [0.25, 0.3) is 0 Å². The highest BCUT2D eigenvalue weighted by Gasteiger charge is 2.43. The molecule has 4 nitrogen and oxygen atoms in total. The van der Waals surface area contributed by atoms with Crippen molar-refractivity contribution < 1.29 is 9.53 Å². The van der Waals surface area contributed by atoms with Gasteiger partial charge in [0.1, 0.15) is 0 Å². The van der Waals surface area contributed by atoms with Crippen LogP contribution in [0.1, 0.15) is 45.4 Å². The van der Waals surface area contributed by atoms with E-state index in [2.05, 4.69) is 10.6 Å². The molecule has 17 heavy (non-hydrogen) atoms. The van der Waals surface area contributed by atoms with Crippen molar-refractivity contribution >= 4 is 5.91 Å². The summed E-state index contributed by atoms with van der Waals surface area (Å²) in [5.41, 5.74) is -0.361. The highest BCUT2D eigenvalue weighted by molar-refractivity contribution is 5.86. The van der Waals surface area contributed by atoms with Gasteiger partial charge in [-0.05, 0) is 52.0 Å². The van der Waals surface area contributed by atoms with E-state index in [1.165, 1.54) is 12.8 Å². The second-order valence-corrected chi connectivity index (χ2v) is 5.91. The predicted octanol–water partition coefficient (Wildman–Crippen LogP) is 0.955. The second-order valence-electron chi connectivity index (χ2n) is 5.91. The van der Waals surface area contributed by atoms with Crippen LogP contribution in [0.15, 0.2) is 0 Å². The second kappa shape index (κ2) is 4.25. The Morgan fingerprint density at radius 2 is 2.29 bits per heavy atom. The summed E-state index contributed by atoms with van der Waals surface area (Å²) in [6.45, 7) is 2.98. The number of fused-ring (bicyclic) bond motifs is 2. The van der Waals surface area contributed by atoms with E-state index in [-0.39, 0.29) is 23.6 Å². The zero-order valence-corrected chi connectivity index (χ0v) is 10.5. The maximum atomic E-state index is 12.3. The lowest BCUT2D eigenvalue weighted by Crippen LogP contribution is -2.59. The molecule has 3 aliphatic rings. The zero-order valence-electron chi connectivity index (χ0n) is 10.5. The fourth-order valence-corrected chi connectivity index (χ4v) is 3.37. The van der Waals surface area contributed by atoms with Crippen LogP contribution < -0.4 is 10.6 Å². The number of carbonyl (C=O) groups is 1. The molecule has 3 heterocycles. The van der Waals surface area contributed by atoms with Crippen molar-refractivity contribution in [2.24, 2.45) is 0 Å². The van der Waals surface area contributed by atoms with Gasteiger partial charge < -0.3 is 15.4 Å². The molecule has 2 N–H and O–H groups in total. The minimum Gasteiger partial charge on any atom is -0.373 e. The number of amides is 1. The lowest BCUT2D eigenvalue weighted by atomic mass is 9.88. The van der Waals surface area contributed by atoms with Crippen LogP contribution in [0.2, 0.25) is 0 Å². The molecular formula is C13H22N2O2. The minimum atomic E-state index is -0.361. The van der Waals surface area contributed by atoms with Crippen LogP contribution in [0, 0.1) is 0 Å². The Hall–Kier alpha value is -0.610. The third-order valence-corrected chi connectivity index (χ3v) is 4.54. The molecule has 0 aromatic carbocycles. The van der Waals surface area contributed by atoms with Crippen LogP contribution >= 0.6 is 0 Å². The topological polar surface area (TPSA) is 50.4 Å². The molecule has 0 aromatic rings. The van der Waals surface area contributed by atoms with Crippen LogP contribution in [-0.2, 0) is 9.53 Å². The van der Waals surface area contributed by atoms with Crippen LogP contribution in [-0.4, -0.2) is 36.2 Å².